The third kappa shape index (κ3) is 2.58. The standard InChI is InChI=1S/C18H21N5O/c1-13-4-3-8-23-16(13)15(10-21-23)17(24)20-11-18(5-6-18)12-22-9-7-19-14(22)2/h3-4,7-10H,5-6,11-12H2,1-2H3,(H,20,24). The lowest BCUT2D eigenvalue weighted by Crippen LogP contribution is -2.32. The first-order chi connectivity index (χ1) is 11.6. The highest BCUT2D eigenvalue weighted by Crippen LogP contribution is 2.46. The van der Waals surface area contributed by atoms with Crippen molar-refractivity contribution in [1.29, 1.82) is 0 Å². The molecule has 0 saturated heterocycles. The molecule has 4 rings (SSSR count). The Balaban J connectivity index is 1.47. The molecule has 0 radical (unpaired) electrons. The lowest BCUT2D eigenvalue weighted by molar-refractivity contribution is 0.0944. The number of pyridine rings is 1. The predicted molar refractivity (Wildman–Crippen MR) is 90.9 cm³/mol. The van der Waals surface area contributed by atoms with Gasteiger partial charge < -0.3 is 9.88 Å². The van der Waals surface area contributed by atoms with Crippen molar-refractivity contribution in [3.8, 4) is 0 Å². The highest BCUT2D eigenvalue weighted by atomic mass is 16.1. The number of nitrogens with one attached hydrogen (secondary N) is 1. The zero-order chi connectivity index (χ0) is 16.7. The van der Waals surface area contributed by atoms with Crippen molar-refractivity contribution in [1.82, 2.24) is 24.5 Å². The summed E-state index contributed by atoms with van der Waals surface area (Å²) in [7, 11) is 0. The lowest BCUT2D eigenvalue weighted by atomic mass is 10.1. The molecule has 1 amide bonds. The molecule has 3 aromatic heterocycles. The van der Waals surface area contributed by atoms with Crippen LogP contribution < -0.4 is 5.32 Å². The fourth-order valence-electron chi connectivity index (χ4n) is 3.25. The zero-order valence-electron chi connectivity index (χ0n) is 14.0. The average Bonchev–Trinajstić information content (AvgIpc) is 2.99. The fraction of sp³-hybridized carbons (Fsp3) is 0.389. The van der Waals surface area contributed by atoms with E-state index in [1.165, 1.54) is 0 Å². The predicted octanol–water partition coefficient (Wildman–Crippen LogP) is 2.36. The second kappa shape index (κ2) is 5.47. The summed E-state index contributed by atoms with van der Waals surface area (Å²) in [5.74, 6) is 0.971. The molecule has 6 nitrogen and oxygen atoms in total. The zero-order valence-corrected chi connectivity index (χ0v) is 14.0. The van der Waals surface area contributed by atoms with Gasteiger partial charge in [-0.25, -0.2) is 9.50 Å². The number of aryl methyl sites for hydroxylation is 2. The van der Waals surface area contributed by atoms with Crippen molar-refractivity contribution in [2.75, 3.05) is 6.54 Å². The van der Waals surface area contributed by atoms with Gasteiger partial charge in [-0.05, 0) is 38.3 Å². The number of rotatable bonds is 5. The molecular weight excluding hydrogens is 302 g/mol. The topological polar surface area (TPSA) is 64.2 Å². The smallest absolute Gasteiger partial charge is 0.255 e. The molecular formula is C18H21N5O. The first-order valence-corrected chi connectivity index (χ1v) is 8.27. The van der Waals surface area contributed by atoms with E-state index in [2.05, 4.69) is 20.0 Å². The number of carbonyl (C=O) groups excluding carboxylic acids is 1. The lowest BCUT2D eigenvalue weighted by Gasteiger charge is -2.17. The van der Waals surface area contributed by atoms with Crippen LogP contribution in [0.3, 0.4) is 0 Å². The molecule has 3 heterocycles. The van der Waals surface area contributed by atoms with Crippen molar-refractivity contribution in [2.45, 2.75) is 33.2 Å². The maximum Gasteiger partial charge on any atom is 0.255 e. The molecule has 1 aliphatic carbocycles. The maximum atomic E-state index is 12.6. The fourth-order valence-corrected chi connectivity index (χ4v) is 3.25. The second-order valence-corrected chi connectivity index (χ2v) is 6.83. The number of imidazole rings is 1. The second-order valence-electron chi connectivity index (χ2n) is 6.83. The Morgan fingerprint density at radius 1 is 1.33 bits per heavy atom. The van der Waals surface area contributed by atoms with Crippen LogP contribution in [-0.4, -0.2) is 31.6 Å². The molecule has 0 unspecified atom stereocenters. The molecule has 0 aliphatic heterocycles. The first-order valence-electron chi connectivity index (χ1n) is 8.27. The van der Waals surface area contributed by atoms with E-state index in [-0.39, 0.29) is 11.3 Å². The molecule has 0 aromatic carbocycles. The Labute approximate surface area is 140 Å². The van der Waals surface area contributed by atoms with Gasteiger partial charge in [-0.3, -0.25) is 4.79 Å². The summed E-state index contributed by atoms with van der Waals surface area (Å²) >= 11 is 0. The minimum Gasteiger partial charge on any atom is -0.351 e. The van der Waals surface area contributed by atoms with Gasteiger partial charge in [-0.15, -0.1) is 0 Å². The van der Waals surface area contributed by atoms with Gasteiger partial charge in [-0.2, -0.15) is 5.10 Å². The summed E-state index contributed by atoms with van der Waals surface area (Å²) < 4.78 is 3.92. The minimum absolute atomic E-state index is 0.0482. The van der Waals surface area contributed by atoms with Crippen LogP contribution in [0.25, 0.3) is 5.52 Å². The molecule has 24 heavy (non-hydrogen) atoms. The summed E-state index contributed by atoms with van der Waals surface area (Å²) in [5, 5.41) is 7.39. The highest BCUT2D eigenvalue weighted by Gasteiger charge is 2.43. The van der Waals surface area contributed by atoms with Crippen molar-refractivity contribution in [3.63, 3.8) is 0 Å². The van der Waals surface area contributed by atoms with E-state index in [1.54, 1.807) is 10.7 Å². The number of amides is 1. The van der Waals surface area contributed by atoms with Crippen LogP contribution in [0.5, 0.6) is 0 Å². The molecule has 0 bridgehead atoms. The van der Waals surface area contributed by atoms with Gasteiger partial charge in [-0.1, -0.05) is 6.07 Å². The van der Waals surface area contributed by atoms with Crippen LogP contribution >= 0.6 is 0 Å². The normalized spacial score (nSPS) is 15.6. The number of hydrogen-bond donors (Lipinski definition) is 1. The summed E-state index contributed by atoms with van der Waals surface area (Å²) in [4.78, 5) is 16.9. The molecule has 1 saturated carbocycles. The van der Waals surface area contributed by atoms with Crippen LogP contribution in [0.1, 0.15) is 34.6 Å². The highest BCUT2D eigenvalue weighted by molar-refractivity contribution is 6.01. The molecule has 1 fully saturated rings. The largest absolute Gasteiger partial charge is 0.351 e. The Morgan fingerprint density at radius 2 is 2.17 bits per heavy atom. The molecule has 6 heteroatoms. The third-order valence-electron chi connectivity index (χ3n) is 5.00. The average molecular weight is 323 g/mol. The van der Waals surface area contributed by atoms with Gasteiger partial charge in [0.05, 0.1) is 17.3 Å². The number of carbonyl (C=O) groups is 1. The molecule has 1 N–H and O–H groups in total. The van der Waals surface area contributed by atoms with Gasteiger partial charge >= 0.3 is 0 Å². The van der Waals surface area contributed by atoms with Crippen molar-refractivity contribution < 1.29 is 4.79 Å². The van der Waals surface area contributed by atoms with E-state index >= 15 is 0 Å². The summed E-state index contributed by atoms with van der Waals surface area (Å²) in [6, 6.07) is 3.93. The Hall–Kier alpha value is -2.63. The monoisotopic (exact) mass is 323 g/mol. The molecule has 0 atom stereocenters. The molecule has 3 aromatic rings. The number of nitrogens with zero attached hydrogens (tertiary/aromatic N) is 4. The summed E-state index contributed by atoms with van der Waals surface area (Å²) in [5.41, 5.74) is 2.74. The first kappa shape index (κ1) is 14.9. The summed E-state index contributed by atoms with van der Waals surface area (Å²) in [6.07, 6.45) is 9.62. The Bertz CT molecular complexity index is 903. The Kier molecular flexibility index (Phi) is 3.40. The van der Waals surface area contributed by atoms with E-state index < -0.39 is 0 Å². The molecule has 0 spiro atoms. The molecule has 124 valence electrons. The molecule has 1 aliphatic rings. The van der Waals surface area contributed by atoms with E-state index in [4.69, 9.17) is 0 Å². The summed E-state index contributed by atoms with van der Waals surface area (Å²) in [6.45, 7) is 5.61. The SMILES string of the molecule is Cc1cccn2ncc(C(=O)NCC3(Cn4ccnc4C)CC3)c12. The third-order valence-corrected chi connectivity index (χ3v) is 5.00. The van der Waals surface area contributed by atoms with Gasteiger partial charge in [0.25, 0.3) is 5.91 Å². The number of fused-ring (bicyclic) bond motifs is 1. The van der Waals surface area contributed by atoms with Crippen molar-refractivity contribution in [3.05, 3.63) is 53.9 Å². The Morgan fingerprint density at radius 3 is 2.88 bits per heavy atom. The van der Waals surface area contributed by atoms with Crippen LogP contribution in [-0.2, 0) is 6.54 Å². The van der Waals surface area contributed by atoms with Gasteiger partial charge in [0.2, 0.25) is 0 Å². The number of aromatic nitrogens is 4. The number of hydrogen-bond acceptors (Lipinski definition) is 3. The van der Waals surface area contributed by atoms with Crippen molar-refractivity contribution >= 4 is 11.4 Å². The van der Waals surface area contributed by atoms with E-state index in [1.807, 2.05) is 44.6 Å². The maximum absolute atomic E-state index is 12.6. The van der Waals surface area contributed by atoms with Crippen molar-refractivity contribution in [2.24, 2.45) is 5.41 Å². The quantitative estimate of drug-likeness (QED) is 0.784. The van der Waals surface area contributed by atoms with Crippen LogP contribution in [0.15, 0.2) is 36.9 Å². The van der Waals surface area contributed by atoms with Gasteiger partial charge in [0.1, 0.15) is 5.82 Å². The van der Waals surface area contributed by atoms with Crippen LogP contribution in [0.4, 0.5) is 0 Å². The van der Waals surface area contributed by atoms with Gasteiger partial charge in [0.15, 0.2) is 0 Å². The minimum atomic E-state index is -0.0482. The van der Waals surface area contributed by atoms with Gasteiger partial charge in [0, 0.05) is 37.1 Å². The van der Waals surface area contributed by atoms with Crippen LogP contribution in [0.2, 0.25) is 0 Å². The van der Waals surface area contributed by atoms with E-state index in [0.29, 0.717) is 12.1 Å². The van der Waals surface area contributed by atoms with E-state index in [9.17, 15) is 4.79 Å². The van der Waals surface area contributed by atoms with Crippen LogP contribution in [0, 0.1) is 19.3 Å². The van der Waals surface area contributed by atoms with E-state index in [0.717, 1.165) is 36.3 Å².